The zero-order chi connectivity index (χ0) is 24.8. The molecule has 0 spiro atoms. The number of aromatic amines is 1. The number of ether oxygens (including phenoxy) is 1. The van der Waals surface area contributed by atoms with Crippen LogP contribution in [0.25, 0.3) is 22.2 Å². The second kappa shape index (κ2) is 10.9. The predicted molar refractivity (Wildman–Crippen MR) is 131 cm³/mol. The number of hydrogen-bond donors (Lipinski definition) is 2. The van der Waals surface area contributed by atoms with Crippen molar-refractivity contribution in [1.82, 2.24) is 30.6 Å². The fourth-order valence-electron chi connectivity index (χ4n) is 3.74. The fraction of sp³-hybridized carbons (Fsp3) is 0.320. The molecule has 0 bridgehead atoms. The molecule has 4 aromatic rings. The molecule has 1 atom stereocenters. The highest BCUT2D eigenvalue weighted by molar-refractivity contribution is 5.83. The van der Waals surface area contributed by atoms with E-state index in [4.69, 9.17) is 9.26 Å². The van der Waals surface area contributed by atoms with Crippen LogP contribution in [-0.4, -0.2) is 58.4 Å². The van der Waals surface area contributed by atoms with E-state index in [1.807, 2.05) is 61.3 Å². The molecule has 2 aromatic carbocycles. The lowest BCUT2D eigenvalue weighted by Crippen LogP contribution is -2.33. The summed E-state index contributed by atoms with van der Waals surface area (Å²) in [4.78, 5) is 30.9. The van der Waals surface area contributed by atoms with Gasteiger partial charge < -0.3 is 14.6 Å². The van der Waals surface area contributed by atoms with Gasteiger partial charge in [-0.3, -0.25) is 14.5 Å². The molecule has 182 valence electrons. The van der Waals surface area contributed by atoms with Gasteiger partial charge in [-0.15, -0.1) is 0 Å². The molecule has 2 aromatic heterocycles. The second-order valence-corrected chi connectivity index (χ2v) is 8.42. The van der Waals surface area contributed by atoms with Crippen molar-refractivity contribution < 1.29 is 14.1 Å². The highest BCUT2D eigenvalue weighted by Crippen LogP contribution is 2.23. The van der Waals surface area contributed by atoms with Crippen LogP contribution in [0.3, 0.4) is 0 Å². The first-order valence-electron chi connectivity index (χ1n) is 11.3. The Balaban J connectivity index is 1.25. The van der Waals surface area contributed by atoms with E-state index in [1.54, 1.807) is 13.2 Å². The zero-order valence-corrected chi connectivity index (χ0v) is 19.9. The molecular weight excluding hydrogens is 448 g/mol. The Morgan fingerprint density at radius 1 is 1.17 bits per heavy atom. The molecule has 0 radical (unpaired) electrons. The Morgan fingerprint density at radius 3 is 2.66 bits per heavy atom. The van der Waals surface area contributed by atoms with Gasteiger partial charge in [-0.1, -0.05) is 30.3 Å². The van der Waals surface area contributed by atoms with E-state index in [0.29, 0.717) is 36.7 Å². The van der Waals surface area contributed by atoms with E-state index in [1.165, 1.54) is 0 Å². The van der Waals surface area contributed by atoms with Crippen molar-refractivity contribution in [3.63, 3.8) is 0 Å². The molecule has 1 amide bonds. The number of H-pyrrole nitrogens is 1. The second-order valence-electron chi connectivity index (χ2n) is 8.42. The first-order chi connectivity index (χ1) is 16.9. The number of rotatable bonds is 10. The number of methoxy groups -OCH3 is 1. The first-order valence-corrected chi connectivity index (χ1v) is 11.3. The van der Waals surface area contributed by atoms with Gasteiger partial charge in [0.1, 0.15) is 5.75 Å². The maximum Gasteiger partial charge on any atom is 0.272 e. The van der Waals surface area contributed by atoms with Crippen molar-refractivity contribution in [3.8, 4) is 17.1 Å². The number of amides is 1. The van der Waals surface area contributed by atoms with Crippen LogP contribution in [0, 0.1) is 0 Å². The smallest absolute Gasteiger partial charge is 0.272 e. The van der Waals surface area contributed by atoms with Crippen molar-refractivity contribution in [1.29, 1.82) is 0 Å². The number of likely N-dealkylation sites (N-methyl/N-ethyl adjacent to an activating group) is 1. The lowest BCUT2D eigenvalue weighted by atomic mass is 10.1. The van der Waals surface area contributed by atoms with Gasteiger partial charge in [0.05, 0.1) is 18.2 Å². The standard InChI is InChI=1S/C25H28N6O4/c1-16(25-27-23(30-35-25)17-8-10-18(34-3)11-9-17)14-22(32)26-12-13-31(2)15-21-19-6-4-5-7-20(19)24(33)29-28-21/h4-11,16H,12-15H2,1-3H3,(H,26,32)(H,29,33). The number of benzene rings is 2. The van der Waals surface area contributed by atoms with Gasteiger partial charge in [-0.05, 0) is 37.4 Å². The molecular formula is C25H28N6O4. The van der Waals surface area contributed by atoms with Crippen molar-refractivity contribution in [2.75, 3.05) is 27.2 Å². The summed E-state index contributed by atoms with van der Waals surface area (Å²) in [7, 11) is 3.55. The third kappa shape index (κ3) is 5.90. The van der Waals surface area contributed by atoms with Crippen LogP contribution in [0.4, 0.5) is 0 Å². The van der Waals surface area contributed by atoms with Crippen LogP contribution in [0.1, 0.15) is 30.8 Å². The average Bonchev–Trinajstić information content (AvgIpc) is 3.37. The van der Waals surface area contributed by atoms with E-state index < -0.39 is 0 Å². The number of hydrogen-bond acceptors (Lipinski definition) is 8. The molecule has 0 saturated carbocycles. The quantitative estimate of drug-likeness (QED) is 0.358. The van der Waals surface area contributed by atoms with Gasteiger partial charge in [0.25, 0.3) is 5.56 Å². The molecule has 0 aliphatic rings. The molecule has 2 heterocycles. The van der Waals surface area contributed by atoms with Gasteiger partial charge in [0.15, 0.2) is 0 Å². The SMILES string of the molecule is COc1ccc(-c2noc(C(C)CC(=O)NCCN(C)Cc3n[nH]c(=O)c4ccccc34)n2)cc1. The normalized spacial score (nSPS) is 12.1. The van der Waals surface area contributed by atoms with Crippen LogP contribution in [0.5, 0.6) is 5.75 Å². The molecule has 0 saturated heterocycles. The molecule has 4 rings (SSSR count). The van der Waals surface area contributed by atoms with Crippen LogP contribution >= 0.6 is 0 Å². The Bertz CT molecular complexity index is 1350. The number of nitrogens with one attached hydrogen (secondary N) is 2. The third-order valence-electron chi connectivity index (χ3n) is 5.71. The Kier molecular flexibility index (Phi) is 7.51. The van der Waals surface area contributed by atoms with E-state index in [-0.39, 0.29) is 23.8 Å². The van der Waals surface area contributed by atoms with Crippen molar-refractivity contribution >= 4 is 16.7 Å². The molecule has 35 heavy (non-hydrogen) atoms. The number of carbonyl (C=O) groups excluding carboxylic acids is 1. The molecule has 10 heteroatoms. The van der Waals surface area contributed by atoms with Crippen molar-refractivity contribution in [3.05, 3.63) is 70.5 Å². The van der Waals surface area contributed by atoms with Crippen LogP contribution in [0.2, 0.25) is 0 Å². The summed E-state index contributed by atoms with van der Waals surface area (Å²) >= 11 is 0. The predicted octanol–water partition coefficient (Wildman–Crippen LogP) is 2.72. The van der Waals surface area contributed by atoms with E-state index in [9.17, 15) is 9.59 Å². The Morgan fingerprint density at radius 2 is 1.91 bits per heavy atom. The van der Waals surface area contributed by atoms with Gasteiger partial charge in [0, 0.05) is 42.9 Å². The molecule has 2 N–H and O–H groups in total. The molecule has 1 unspecified atom stereocenters. The summed E-state index contributed by atoms with van der Waals surface area (Å²) in [6, 6.07) is 14.8. The molecule has 0 fully saturated rings. The minimum Gasteiger partial charge on any atom is -0.497 e. The third-order valence-corrected chi connectivity index (χ3v) is 5.71. The van der Waals surface area contributed by atoms with Gasteiger partial charge in [0.2, 0.25) is 17.6 Å². The molecule has 0 aliphatic heterocycles. The minimum absolute atomic E-state index is 0.0947. The summed E-state index contributed by atoms with van der Waals surface area (Å²) in [5.74, 6) is 1.32. The van der Waals surface area contributed by atoms with E-state index >= 15 is 0 Å². The number of fused-ring (bicyclic) bond motifs is 1. The van der Waals surface area contributed by atoms with Crippen molar-refractivity contribution in [2.45, 2.75) is 25.8 Å². The number of nitrogens with zero attached hydrogens (tertiary/aromatic N) is 4. The van der Waals surface area contributed by atoms with Gasteiger partial charge in [-0.2, -0.15) is 10.1 Å². The maximum atomic E-state index is 12.4. The van der Waals surface area contributed by atoms with Crippen LogP contribution < -0.4 is 15.6 Å². The molecule has 0 aliphatic carbocycles. The zero-order valence-electron chi connectivity index (χ0n) is 19.9. The lowest BCUT2D eigenvalue weighted by Gasteiger charge is -2.17. The summed E-state index contributed by atoms with van der Waals surface area (Å²) in [6.07, 6.45) is 0.236. The van der Waals surface area contributed by atoms with Crippen LogP contribution in [-0.2, 0) is 11.3 Å². The van der Waals surface area contributed by atoms with Gasteiger partial charge in [-0.25, -0.2) is 5.10 Å². The highest BCUT2D eigenvalue weighted by Gasteiger charge is 2.19. The highest BCUT2D eigenvalue weighted by atomic mass is 16.5. The van der Waals surface area contributed by atoms with E-state index in [0.717, 1.165) is 22.4 Å². The summed E-state index contributed by atoms with van der Waals surface area (Å²) in [5, 5.41) is 15.2. The first kappa shape index (κ1) is 24.1. The Labute approximate surface area is 202 Å². The molecule has 10 nitrogen and oxygen atoms in total. The lowest BCUT2D eigenvalue weighted by molar-refractivity contribution is -0.121. The number of carbonyl (C=O) groups is 1. The summed E-state index contributed by atoms with van der Waals surface area (Å²) in [5.41, 5.74) is 1.39. The average molecular weight is 477 g/mol. The van der Waals surface area contributed by atoms with Gasteiger partial charge >= 0.3 is 0 Å². The van der Waals surface area contributed by atoms with Crippen molar-refractivity contribution in [2.24, 2.45) is 0 Å². The Hall–Kier alpha value is -4.05. The largest absolute Gasteiger partial charge is 0.497 e. The topological polar surface area (TPSA) is 126 Å². The van der Waals surface area contributed by atoms with E-state index in [2.05, 4.69) is 25.7 Å². The monoisotopic (exact) mass is 476 g/mol. The summed E-state index contributed by atoms with van der Waals surface area (Å²) in [6.45, 7) is 3.52. The summed E-state index contributed by atoms with van der Waals surface area (Å²) < 4.78 is 10.5. The van der Waals surface area contributed by atoms with Crippen LogP contribution in [0.15, 0.2) is 57.8 Å². The fourth-order valence-corrected chi connectivity index (χ4v) is 3.74. The minimum atomic E-state index is -0.219. The number of aromatic nitrogens is 4. The maximum absolute atomic E-state index is 12.4.